The third kappa shape index (κ3) is 1.27. The van der Waals surface area contributed by atoms with Crippen LogP contribution >= 0.6 is 15.9 Å². The van der Waals surface area contributed by atoms with Crippen LogP contribution in [-0.2, 0) is 6.54 Å². The highest BCUT2D eigenvalue weighted by Crippen LogP contribution is 2.17. The molecule has 0 aliphatic rings. The lowest BCUT2D eigenvalue weighted by Gasteiger charge is -1.94. The van der Waals surface area contributed by atoms with Crippen molar-refractivity contribution in [2.24, 2.45) is 5.73 Å². The van der Waals surface area contributed by atoms with Crippen molar-refractivity contribution >= 4 is 21.7 Å². The molecule has 0 bridgehead atoms. The van der Waals surface area contributed by atoms with Crippen molar-refractivity contribution in [3.8, 4) is 6.07 Å². The van der Waals surface area contributed by atoms with Gasteiger partial charge in [0.2, 0.25) is 5.78 Å². The Kier molecular flexibility index (Phi) is 2.19. The first-order valence-corrected chi connectivity index (χ1v) is 4.68. The zero-order chi connectivity index (χ0) is 10.1. The first-order valence-electron chi connectivity index (χ1n) is 3.89. The second kappa shape index (κ2) is 3.36. The third-order valence-electron chi connectivity index (χ3n) is 1.81. The second-order valence-electron chi connectivity index (χ2n) is 2.68. The third-order valence-corrected chi connectivity index (χ3v) is 2.65. The lowest BCUT2D eigenvalue weighted by Crippen LogP contribution is -1.97. The molecule has 2 aromatic heterocycles. The maximum absolute atomic E-state index is 8.69. The molecule has 2 rings (SSSR count). The number of rotatable bonds is 1. The molecule has 0 atom stereocenters. The molecule has 2 aromatic rings. The van der Waals surface area contributed by atoms with E-state index in [-0.39, 0.29) is 0 Å². The Bertz CT molecular complexity index is 524. The molecule has 0 aromatic carbocycles. The highest BCUT2D eigenvalue weighted by atomic mass is 79.9. The summed E-state index contributed by atoms with van der Waals surface area (Å²) < 4.78 is 2.44. The number of fused-ring (bicyclic) bond motifs is 1. The van der Waals surface area contributed by atoms with E-state index in [9.17, 15) is 0 Å². The van der Waals surface area contributed by atoms with Crippen LogP contribution in [0, 0.1) is 11.3 Å². The lowest BCUT2D eigenvalue weighted by molar-refractivity contribution is 1.000. The van der Waals surface area contributed by atoms with Crippen molar-refractivity contribution in [2.45, 2.75) is 6.54 Å². The molecular weight excluding hydrogens is 246 g/mol. The number of imidazole rings is 1. The number of hydrogen-bond donors (Lipinski definition) is 1. The molecule has 0 aliphatic heterocycles. The van der Waals surface area contributed by atoms with Crippen molar-refractivity contribution in [2.75, 3.05) is 0 Å². The van der Waals surface area contributed by atoms with E-state index in [4.69, 9.17) is 11.0 Å². The standard InChI is InChI=1S/C8H6BrN5/c9-7-6(2-11)13-8-12-3-5(1-10)4-14(7)8/h3-4H,2,11H2. The minimum atomic E-state index is 0.339. The van der Waals surface area contributed by atoms with Crippen LogP contribution < -0.4 is 5.73 Å². The molecule has 0 unspecified atom stereocenters. The van der Waals surface area contributed by atoms with Crippen molar-refractivity contribution in [1.82, 2.24) is 14.4 Å². The Balaban J connectivity index is 2.75. The van der Waals surface area contributed by atoms with Crippen LogP contribution in [0.3, 0.4) is 0 Å². The molecule has 2 heterocycles. The van der Waals surface area contributed by atoms with Gasteiger partial charge in [0.25, 0.3) is 0 Å². The van der Waals surface area contributed by atoms with Gasteiger partial charge in [-0.3, -0.25) is 4.40 Å². The van der Waals surface area contributed by atoms with Gasteiger partial charge in [-0.2, -0.15) is 5.26 Å². The molecule has 0 spiro atoms. The van der Waals surface area contributed by atoms with Crippen LogP contribution in [0.4, 0.5) is 0 Å². The summed E-state index contributed by atoms with van der Waals surface area (Å²) in [6.45, 7) is 0.339. The van der Waals surface area contributed by atoms with Crippen molar-refractivity contribution < 1.29 is 0 Å². The predicted molar refractivity (Wildman–Crippen MR) is 53.3 cm³/mol. The maximum Gasteiger partial charge on any atom is 0.234 e. The average Bonchev–Trinajstić information content (AvgIpc) is 2.55. The van der Waals surface area contributed by atoms with Gasteiger partial charge in [-0.15, -0.1) is 0 Å². The molecular formula is C8H6BrN5. The van der Waals surface area contributed by atoms with E-state index in [2.05, 4.69) is 25.9 Å². The number of nitriles is 1. The van der Waals surface area contributed by atoms with Gasteiger partial charge >= 0.3 is 0 Å². The smallest absolute Gasteiger partial charge is 0.234 e. The Hall–Kier alpha value is -1.45. The highest BCUT2D eigenvalue weighted by Gasteiger charge is 2.08. The Morgan fingerprint density at radius 3 is 3.07 bits per heavy atom. The summed E-state index contributed by atoms with van der Waals surface area (Å²) in [7, 11) is 0. The van der Waals surface area contributed by atoms with Crippen LogP contribution in [-0.4, -0.2) is 14.4 Å². The maximum atomic E-state index is 8.69. The Labute approximate surface area is 88.3 Å². The fraction of sp³-hybridized carbons (Fsp3) is 0.125. The minimum absolute atomic E-state index is 0.339. The molecule has 70 valence electrons. The van der Waals surface area contributed by atoms with Gasteiger partial charge in [-0.25, -0.2) is 9.97 Å². The van der Waals surface area contributed by atoms with E-state index < -0.39 is 0 Å². The van der Waals surface area contributed by atoms with E-state index in [1.807, 2.05) is 6.07 Å². The van der Waals surface area contributed by atoms with Gasteiger partial charge < -0.3 is 5.73 Å². The average molecular weight is 252 g/mol. The van der Waals surface area contributed by atoms with Crippen molar-refractivity contribution in [3.63, 3.8) is 0 Å². The Morgan fingerprint density at radius 1 is 1.64 bits per heavy atom. The number of hydrogen-bond acceptors (Lipinski definition) is 4. The second-order valence-corrected chi connectivity index (χ2v) is 3.43. The SMILES string of the molecule is N#Cc1cnc2nc(CN)c(Br)n2c1. The monoisotopic (exact) mass is 251 g/mol. The number of halogens is 1. The first-order chi connectivity index (χ1) is 6.76. The van der Waals surface area contributed by atoms with Gasteiger partial charge in [0.05, 0.1) is 17.5 Å². The summed E-state index contributed by atoms with van der Waals surface area (Å²) in [5.74, 6) is 0.538. The van der Waals surface area contributed by atoms with E-state index in [1.165, 1.54) is 6.20 Å². The van der Waals surface area contributed by atoms with Crippen molar-refractivity contribution in [3.05, 3.63) is 28.3 Å². The predicted octanol–water partition coefficient (Wildman–Crippen LogP) is 0.822. The topological polar surface area (TPSA) is 80.0 Å². The molecule has 14 heavy (non-hydrogen) atoms. The Morgan fingerprint density at radius 2 is 2.43 bits per heavy atom. The van der Waals surface area contributed by atoms with E-state index >= 15 is 0 Å². The van der Waals surface area contributed by atoms with Gasteiger partial charge in [0.15, 0.2) is 0 Å². The van der Waals surface area contributed by atoms with E-state index in [0.717, 1.165) is 10.3 Å². The molecule has 0 amide bonds. The zero-order valence-electron chi connectivity index (χ0n) is 7.11. The zero-order valence-corrected chi connectivity index (χ0v) is 8.69. The lowest BCUT2D eigenvalue weighted by atomic mass is 10.4. The number of nitrogens with zero attached hydrogens (tertiary/aromatic N) is 4. The number of nitrogens with two attached hydrogens (primary N) is 1. The summed E-state index contributed by atoms with van der Waals surface area (Å²) in [6, 6.07) is 2.01. The minimum Gasteiger partial charge on any atom is -0.325 e. The summed E-state index contributed by atoms with van der Waals surface area (Å²) in [4.78, 5) is 8.20. The van der Waals surface area contributed by atoms with Gasteiger partial charge in [-0.05, 0) is 15.9 Å². The quantitative estimate of drug-likeness (QED) is 0.814. The summed E-state index contributed by atoms with van der Waals surface area (Å²) in [6.07, 6.45) is 3.15. The van der Waals surface area contributed by atoms with Crippen LogP contribution in [0.2, 0.25) is 0 Å². The van der Waals surface area contributed by atoms with Crippen LogP contribution in [0.1, 0.15) is 11.3 Å². The highest BCUT2D eigenvalue weighted by molar-refractivity contribution is 9.10. The fourth-order valence-electron chi connectivity index (χ4n) is 1.14. The normalized spacial score (nSPS) is 10.4. The first kappa shape index (κ1) is 9.12. The van der Waals surface area contributed by atoms with Crippen LogP contribution in [0.15, 0.2) is 17.0 Å². The molecule has 2 N–H and O–H groups in total. The number of aromatic nitrogens is 3. The molecule has 0 fully saturated rings. The van der Waals surface area contributed by atoms with Crippen LogP contribution in [0.25, 0.3) is 5.78 Å². The molecule has 6 heteroatoms. The van der Waals surface area contributed by atoms with E-state index in [0.29, 0.717) is 17.9 Å². The molecule has 0 aliphatic carbocycles. The van der Waals surface area contributed by atoms with Crippen LogP contribution in [0.5, 0.6) is 0 Å². The largest absolute Gasteiger partial charge is 0.325 e. The van der Waals surface area contributed by atoms with Gasteiger partial charge in [-0.1, -0.05) is 0 Å². The summed E-state index contributed by atoms with van der Waals surface area (Å²) >= 11 is 3.35. The molecule has 0 saturated carbocycles. The molecule has 5 nitrogen and oxygen atoms in total. The van der Waals surface area contributed by atoms with E-state index in [1.54, 1.807) is 10.6 Å². The van der Waals surface area contributed by atoms with Gasteiger partial charge in [0.1, 0.15) is 10.7 Å². The summed E-state index contributed by atoms with van der Waals surface area (Å²) in [5, 5.41) is 8.69. The fourth-order valence-corrected chi connectivity index (χ4v) is 1.65. The van der Waals surface area contributed by atoms with Crippen molar-refractivity contribution in [1.29, 1.82) is 5.26 Å². The molecule has 0 saturated heterocycles. The summed E-state index contributed by atoms with van der Waals surface area (Å²) in [5.41, 5.74) is 6.70. The van der Waals surface area contributed by atoms with Gasteiger partial charge in [0, 0.05) is 12.7 Å². The molecule has 0 radical (unpaired) electrons.